The van der Waals surface area contributed by atoms with Crippen molar-refractivity contribution in [1.29, 1.82) is 0 Å². The van der Waals surface area contributed by atoms with Crippen LogP contribution in [0, 0.1) is 0 Å². The maximum atomic E-state index is 12.7. The number of morpholine rings is 1. The Morgan fingerprint density at radius 1 is 1.36 bits per heavy atom. The van der Waals surface area contributed by atoms with Crippen LogP contribution in [0.3, 0.4) is 0 Å². The van der Waals surface area contributed by atoms with E-state index in [1.807, 2.05) is 18.2 Å². The number of likely N-dealkylation sites (N-methyl/N-ethyl adjacent to an activating group) is 2. The van der Waals surface area contributed by atoms with Crippen LogP contribution in [0.25, 0.3) is 0 Å². The lowest BCUT2D eigenvalue weighted by Gasteiger charge is -2.40. The van der Waals surface area contributed by atoms with Crippen molar-refractivity contribution in [2.75, 3.05) is 33.8 Å². The Bertz CT molecular complexity index is 726. The Kier molecular flexibility index (Phi) is 5.68. The predicted octanol–water partition coefficient (Wildman–Crippen LogP) is 2.88. The molecule has 3 rings (SSSR count). The number of ether oxygens (including phenoxy) is 1. The molecular weight excluding hydrogens is 338 g/mol. The van der Waals surface area contributed by atoms with E-state index in [1.165, 1.54) is 11.8 Å². The molecule has 25 heavy (non-hydrogen) atoms. The number of amides is 1. The molecule has 2 aromatic rings. The molecule has 1 aliphatic rings. The lowest BCUT2D eigenvalue weighted by Crippen LogP contribution is -2.48. The van der Waals surface area contributed by atoms with Crippen molar-refractivity contribution in [3.05, 3.63) is 64.9 Å². The highest BCUT2D eigenvalue weighted by Crippen LogP contribution is 2.29. The van der Waals surface area contributed by atoms with Gasteiger partial charge in [0.25, 0.3) is 5.91 Å². The third-order valence-corrected chi connectivity index (χ3v) is 4.85. The van der Waals surface area contributed by atoms with E-state index in [-0.39, 0.29) is 18.1 Å². The van der Waals surface area contributed by atoms with Gasteiger partial charge >= 0.3 is 0 Å². The number of aromatic nitrogens is 1. The summed E-state index contributed by atoms with van der Waals surface area (Å²) in [6.07, 6.45) is 2.96. The van der Waals surface area contributed by atoms with Gasteiger partial charge in [0.2, 0.25) is 0 Å². The third-order valence-electron chi connectivity index (χ3n) is 4.55. The average Bonchev–Trinajstić information content (AvgIpc) is 2.62. The summed E-state index contributed by atoms with van der Waals surface area (Å²) in [5.41, 5.74) is 1.65. The Hall–Kier alpha value is -1.95. The Labute approximate surface area is 153 Å². The van der Waals surface area contributed by atoms with E-state index >= 15 is 0 Å². The summed E-state index contributed by atoms with van der Waals surface area (Å²) in [7, 11) is 3.87. The van der Waals surface area contributed by atoms with Crippen LogP contribution in [0.1, 0.15) is 22.0 Å². The number of nitrogens with zero attached hydrogens (tertiary/aromatic N) is 3. The first-order chi connectivity index (χ1) is 12.1. The van der Waals surface area contributed by atoms with E-state index in [9.17, 15) is 4.79 Å². The summed E-state index contributed by atoms with van der Waals surface area (Å²) in [5.74, 6) is -0.129. The first kappa shape index (κ1) is 17.9. The van der Waals surface area contributed by atoms with Gasteiger partial charge < -0.3 is 9.64 Å². The fourth-order valence-corrected chi connectivity index (χ4v) is 3.44. The largest absolute Gasteiger partial charge is 0.373 e. The zero-order valence-corrected chi connectivity index (χ0v) is 15.2. The van der Waals surface area contributed by atoms with Gasteiger partial charge in [-0.05, 0) is 18.7 Å². The lowest BCUT2D eigenvalue weighted by atomic mass is 9.98. The van der Waals surface area contributed by atoms with Gasteiger partial charge in [0.1, 0.15) is 0 Å². The van der Waals surface area contributed by atoms with Crippen LogP contribution < -0.4 is 0 Å². The molecule has 5 nitrogen and oxygen atoms in total. The molecule has 1 aromatic carbocycles. The van der Waals surface area contributed by atoms with Gasteiger partial charge in [-0.15, -0.1) is 0 Å². The van der Waals surface area contributed by atoms with Crippen LogP contribution in [0.15, 0.2) is 48.8 Å². The lowest BCUT2D eigenvalue weighted by molar-refractivity contribution is -0.0707. The Morgan fingerprint density at radius 2 is 2.12 bits per heavy atom. The second-order valence-corrected chi connectivity index (χ2v) is 6.69. The van der Waals surface area contributed by atoms with E-state index in [2.05, 4.69) is 29.1 Å². The number of carbonyl (C=O) groups excluding carboxylic acids is 1. The Balaban J connectivity index is 1.77. The number of carbonyl (C=O) groups is 1. The van der Waals surface area contributed by atoms with Crippen LogP contribution in [0.5, 0.6) is 0 Å². The minimum absolute atomic E-state index is 0.101. The summed E-state index contributed by atoms with van der Waals surface area (Å²) in [5, 5.41) is 0.362. The van der Waals surface area contributed by atoms with Gasteiger partial charge in [-0.1, -0.05) is 41.9 Å². The zero-order chi connectivity index (χ0) is 17.8. The third kappa shape index (κ3) is 4.00. The highest BCUT2D eigenvalue weighted by Gasteiger charge is 2.33. The molecule has 2 atom stereocenters. The Morgan fingerprint density at radius 3 is 2.84 bits per heavy atom. The van der Waals surface area contributed by atoms with Crippen molar-refractivity contribution in [2.45, 2.75) is 12.1 Å². The van der Waals surface area contributed by atoms with Gasteiger partial charge in [-0.2, -0.15) is 0 Å². The van der Waals surface area contributed by atoms with Crippen molar-refractivity contribution in [1.82, 2.24) is 14.8 Å². The van der Waals surface area contributed by atoms with Crippen LogP contribution in [0.2, 0.25) is 5.02 Å². The van der Waals surface area contributed by atoms with Gasteiger partial charge in [0.15, 0.2) is 0 Å². The van der Waals surface area contributed by atoms with Gasteiger partial charge in [-0.3, -0.25) is 14.7 Å². The molecule has 1 saturated heterocycles. The number of hydrogen-bond donors (Lipinski definition) is 0. The number of benzene rings is 1. The zero-order valence-electron chi connectivity index (χ0n) is 14.4. The second kappa shape index (κ2) is 7.95. The molecule has 0 aliphatic carbocycles. The molecule has 6 heteroatoms. The molecule has 132 valence electrons. The minimum atomic E-state index is -0.129. The van der Waals surface area contributed by atoms with Crippen molar-refractivity contribution in [3.63, 3.8) is 0 Å². The molecule has 0 unspecified atom stereocenters. The summed E-state index contributed by atoms with van der Waals surface area (Å²) in [4.78, 5) is 20.6. The highest BCUT2D eigenvalue weighted by molar-refractivity contribution is 6.33. The molecule has 1 aromatic heterocycles. The van der Waals surface area contributed by atoms with Crippen molar-refractivity contribution in [2.24, 2.45) is 0 Å². The molecule has 1 aliphatic heterocycles. The van der Waals surface area contributed by atoms with Crippen molar-refractivity contribution < 1.29 is 9.53 Å². The fourth-order valence-electron chi connectivity index (χ4n) is 3.24. The predicted molar refractivity (Wildman–Crippen MR) is 97.8 cm³/mol. The van der Waals surface area contributed by atoms with Gasteiger partial charge in [0.05, 0.1) is 29.3 Å². The van der Waals surface area contributed by atoms with Crippen LogP contribution in [-0.4, -0.2) is 60.6 Å². The topological polar surface area (TPSA) is 45.7 Å². The number of hydrogen-bond acceptors (Lipinski definition) is 4. The standard InChI is InChI=1S/C19H22ClN3O2/c1-22-10-11-25-17(18(22)14-6-4-3-5-7-14)13-23(2)19(24)15-8-9-21-12-16(15)20/h3-9,12,17-18H,10-11,13H2,1-2H3/t17-,18-/m0/s1. The summed E-state index contributed by atoms with van der Waals surface area (Å²) in [6, 6.07) is 12.0. The van der Waals surface area contributed by atoms with E-state index < -0.39 is 0 Å². The summed E-state index contributed by atoms with van der Waals surface area (Å²) < 4.78 is 6.02. The molecule has 0 bridgehead atoms. The van der Waals surface area contributed by atoms with E-state index in [1.54, 1.807) is 24.2 Å². The average molecular weight is 360 g/mol. The number of pyridine rings is 1. The molecule has 0 radical (unpaired) electrons. The maximum absolute atomic E-state index is 12.7. The summed E-state index contributed by atoms with van der Waals surface area (Å²) >= 11 is 6.10. The van der Waals surface area contributed by atoms with Crippen LogP contribution in [-0.2, 0) is 4.74 Å². The molecule has 0 saturated carbocycles. The summed E-state index contributed by atoms with van der Waals surface area (Å²) in [6.45, 7) is 2.01. The monoisotopic (exact) mass is 359 g/mol. The molecule has 0 spiro atoms. The van der Waals surface area contributed by atoms with Gasteiger partial charge in [-0.25, -0.2) is 0 Å². The number of rotatable bonds is 4. The molecule has 0 N–H and O–H groups in total. The molecule has 2 heterocycles. The molecule has 1 fully saturated rings. The van der Waals surface area contributed by atoms with Crippen LogP contribution >= 0.6 is 11.6 Å². The first-order valence-electron chi connectivity index (χ1n) is 8.29. The number of halogens is 1. The first-order valence-corrected chi connectivity index (χ1v) is 8.67. The quantitative estimate of drug-likeness (QED) is 0.842. The molecule has 1 amide bonds. The van der Waals surface area contributed by atoms with Crippen molar-refractivity contribution >= 4 is 17.5 Å². The normalized spacial score (nSPS) is 21.1. The molecular formula is C19H22ClN3O2. The fraction of sp³-hybridized carbons (Fsp3) is 0.368. The smallest absolute Gasteiger partial charge is 0.255 e. The van der Waals surface area contributed by atoms with Crippen LogP contribution in [0.4, 0.5) is 0 Å². The second-order valence-electron chi connectivity index (χ2n) is 6.29. The SMILES string of the molecule is CN(C[C@@H]1OCCN(C)[C@H]1c1ccccc1)C(=O)c1ccncc1Cl. The van der Waals surface area contributed by atoms with E-state index in [0.717, 1.165) is 6.54 Å². The minimum Gasteiger partial charge on any atom is -0.373 e. The highest BCUT2D eigenvalue weighted by atomic mass is 35.5. The van der Waals surface area contributed by atoms with Gasteiger partial charge in [0, 0.05) is 32.5 Å². The van der Waals surface area contributed by atoms with Crippen molar-refractivity contribution in [3.8, 4) is 0 Å². The van der Waals surface area contributed by atoms with E-state index in [0.29, 0.717) is 23.7 Å². The van der Waals surface area contributed by atoms with E-state index in [4.69, 9.17) is 16.3 Å². The maximum Gasteiger partial charge on any atom is 0.255 e.